The molecule has 2 N–H and O–H groups in total. The summed E-state index contributed by atoms with van der Waals surface area (Å²) in [6.07, 6.45) is 0. The highest BCUT2D eigenvalue weighted by atomic mass is 31.2. The van der Waals surface area contributed by atoms with Gasteiger partial charge in [-0.1, -0.05) is 170 Å². The van der Waals surface area contributed by atoms with Crippen LogP contribution in [0.15, 0.2) is 170 Å². The summed E-state index contributed by atoms with van der Waals surface area (Å²) in [4.78, 5) is 14.2. The van der Waals surface area contributed by atoms with Crippen LogP contribution in [0, 0.1) is 0 Å². The number of Topliss-reactive ketones (excluding diaryl/α,β-unsaturated/α-hetero) is 1. The Balaban J connectivity index is 1.41. The lowest BCUT2D eigenvalue weighted by atomic mass is 10.1. The summed E-state index contributed by atoms with van der Waals surface area (Å²) in [5, 5.41) is 24.5. The van der Waals surface area contributed by atoms with E-state index in [1.807, 2.05) is 60.7 Å². The lowest BCUT2D eigenvalue weighted by Gasteiger charge is -2.29. The molecular formula is C39H32O5P2. The molecular weight excluding hydrogens is 610 g/mol. The third kappa shape index (κ3) is 5.87. The summed E-state index contributed by atoms with van der Waals surface area (Å²) in [7, 11) is -8.22. The van der Waals surface area contributed by atoms with Crippen molar-refractivity contribution in [2.24, 2.45) is 0 Å². The van der Waals surface area contributed by atoms with Gasteiger partial charge in [0.25, 0.3) is 0 Å². The quantitative estimate of drug-likeness (QED) is 0.165. The molecule has 0 heterocycles. The number of ketones is 1. The largest absolute Gasteiger partial charge is 0.377 e. The molecule has 0 aliphatic heterocycles. The fraction of sp³-hybridized carbons (Fsp3) is 0.0513. The maximum atomic E-state index is 15.0. The molecule has 6 aromatic carbocycles. The van der Waals surface area contributed by atoms with Crippen LogP contribution >= 0.6 is 14.3 Å². The summed E-state index contributed by atoms with van der Waals surface area (Å²) in [5.74, 6) is -5.49. The Hall–Kier alpha value is -4.63. The van der Waals surface area contributed by atoms with Crippen molar-refractivity contribution in [3.8, 4) is 22.3 Å². The van der Waals surface area contributed by atoms with Gasteiger partial charge in [-0.2, -0.15) is 0 Å². The molecule has 4 atom stereocenters. The zero-order valence-corrected chi connectivity index (χ0v) is 26.6. The Morgan fingerprint density at radius 2 is 0.609 bits per heavy atom. The molecule has 6 rings (SSSR count). The van der Waals surface area contributed by atoms with Gasteiger partial charge in [0.05, 0.1) is 0 Å². The predicted octanol–water partition coefficient (Wildman–Crippen LogP) is 6.55. The van der Waals surface area contributed by atoms with E-state index in [1.54, 1.807) is 109 Å². The molecule has 0 saturated heterocycles. The molecule has 0 bridgehead atoms. The summed E-state index contributed by atoms with van der Waals surface area (Å²) in [6.45, 7) is 0. The van der Waals surface area contributed by atoms with Crippen molar-refractivity contribution in [1.29, 1.82) is 0 Å². The van der Waals surface area contributed by atoms with Crippen molar-refractivity contribution >= 4 is 41.3 Å². The molecule has 0 spiro atoms. The highest BCUT2D eigenvalue weighted by Gasteiger charge is 2.48. The normalized spacial score (nSPS) is 15.2. The van der Waals surface area contributed by atoms with Crippen LogP contribution in [0.3, 0.4) is 0 Å². The van der Waals surface area contributed by atoms with Gasteiger partial charge in [0.2, 0.25) is 5.78 Å². The first-order valence-corrected chi connectivity index (χ1v) is 18.4. The van der Waals surface area contributed by atoms with Gasteiger partial charge in [-0.25, -0.2) is 0 Å². The first-order chi connectivity index (χ1) is 22.3. The monoisotopic (exact) mass is 642 g/mol. The van der Waals surface area contributed by atoms with Crippen LogP contribution < -0.4 is 21.2 Å². The number of benzene rings is 6. The molecule has 0 aromatic heterocycles. The lowest BCUT2D eigenvalue weighted by Crippen LogP contribution is -2.41. The highest BCUT2D eigenvalue weighted by Crippen LogP contribution is 2.53. The lowest BCUT2D eigenvalue weighted by molar-refractivity contribution is -0.128. The Morgan fingerprint density at radius 3 is 0.913 bits per heavy atom. The second-order valence-electron chi connectivity index (χ2n) is 11.0. The van der Waals surface area contributed by atoms with E-state index in [9.17, 15) is 15.0 Å². The minimum absolute atomic E-state index is 0.244. The Kier molecular flexibility index (Phi) is 9.12. The number of rotatable bonds is 10. The molecule has 0 aliphatic rings. The van der Waals surface area contributed by atoms with Gasteiger partial charge >= 0.3 is 0 Å². The third-order valence-corrected chi connectivity index (χ3v) is 14.3. The van der Waals surface area contributed by atoms with Crippen LogP contribution in [0.2, 0.25) is 0 Å². The van der Waals surface area contributed by atoms with Crippen molar-refractivity contribution in [3.05, 3.63) is 170 Å². The van der Waals surface area contributed by atoms with E-state index in [-0.39, 0.29) is 21.2 Å². The summed E-state index contributed by atoms with van der Waals surface area (Å²) in [6, 6.07) is 49.6. The highest BCUT2D eigenvalue weighted by molar-refractivity contribution is 7.81. The van der Waals surface area contributed by atoms with Crippen LogP contribution in [-0.4, -0.2) is 27.7 Å². The van der Waals surface area contributed by atoms with E-state index < -0.39 is 31.8 Å². The number of hydrogen-bond acceptors (Lipinski definition) is 5. The van der Waals surface area contributed by atoms with E-state index in [0.29, 0.717) is 0 Å². The van der Waals surface area contributed by atoms with Crippen molar-refractivity contribution in [3.63, 3.8) is 0 Å². The smallest absolute Gasteiger partial charge is 0.205 e. The molecule has 4 unspecified atom stereocenters. The summed E-state index contributed by atoms with van der Waals surface area (Å²) >= 11 is 0. The van der Waals surface area contributed by atoms with Gasteiger partial charge in [-0.15, -0.1) is 0 Å². The summed E-state index contributed by atoms with van der Waals surface area (Å²) in [5.41, 5.74) is 3.66. The maximum Gasteiger partial charge on any atom is 0.205 e. The van der Waals surface area contributed by atoms with Crippen molar-refractivity contribution in [1.82, 2.24) is 0 Å². The van der Waals surface area contributed by atoms with Gasteiger partial charge in [0.15, 0.2) is 26.0 Å². The van der Waals surface area contributed by atoms with Crippen molar-refractivity contribution in [2.75, 3.05) is 0 Å². The van der Waals surface area contributed by atoms with E-state index in [4.69, 9.17) is 0 Å². The predicted molar refractivity (Wildman–Crippen MR) is 187 cm³/mol. The minimum Gasteiger partial charge on any atom is -0.377 e. The van der Waals surface area contributed by atoms with E-state index >= 15 is 9.13 Å². The maximum absolute atomic E-state index is 15.0. The number of hydrogen-bond donors (Lipinski definition) is 2. The Morgan fingerprint density at radius 1 is 0.370 bits per heavy atom. The van der Waals surface area contributed by atoms with E-state index in [2.05, 4.69) is 0 Å². The number of carbonyl (C=O) groups excluding carboxylic acids is 1. The van der Waals surface area contributed by atoms with Crippen molar-refractivity contribution in [2.45, 2.75) is 11.7 Å². The standard InChI is InChI=1S/C39H32O5P2/c40-37(38(41)45(43,33-17-9-3-10-18-33)35-25-21-31(22-26-35)29-13-5-1-6-14-29)39(42)46(44,34-19-11-4-12-20-34)36-27-23-32(24-28-36)30-15-7-2-8-16-30/h1-28,38-39,41-42H. The number of aliphatic hydroxyl groups is 2. The first kappa shape index (κ1) is 31.4. The molecule has 46 heavy (non-hydrogen) atoms. The van der Waals surface area contributed by atoms with Crippen molar-refractivity contribution < 1.29 is 24.1 Å². The molecule has 7 heteroatoms. The topological polar surface area (TPSA) is 91.7 Å². The van der Waals surface area contributed by atoms with Gasteiger partial charge in [0.1, 0.15) is 0 Å². The second kappa shape index (κ2) is 13.4. The van der Waals surface area contributed by atoms with Crippen LogP contribution in [0.4, 0.5) is 0 Å². The van der Waals surface area contributed by atoms with E-state index in [0.717, 1.165) is 22.3 Å². The number of carbonyl (C=O) groups is 1. The second-order valence-corrected chi connectivity index (χ2v) is 16.6. The fourth-order valence-electron chi connectivity index (χ4n) is 5.67. The van der Waals surface area contributed by atoms with Crippen LogP contribution in [0.25, 0.3) is 22.3 Å². The molecule has 0 radical (unpaired) electrons. The molecule has 0 fully saturated rings. The summed E-state index contributed by atoms with van der Waals surface area (Å²) < 4.78 is 30.1. The average molecular weight is 643 g/mol. The van der Waals surface area contributed by atoms with Crippen LogP contribution in [-0.2, 0) is 13.9 Å². The molecule has 0 aliphatic carbocycles. The zero-order chi connectivity index (χ0) is 32.1. The van der Waals surface area contributed by atoms with Gasteiger partial charge in [-0.05, 0) is 22.3 Å². The fourth-order valence-corrected chi connectivity index (χ4v) is 10.9. The molecule has 0 saturated carbocycles. The molecule has 6 aromatic rings. The number of aliphatic hydroxyl groups excluding tert-OH is 2. The first-order valence-electron chi connectivity index (χ1n) is 14.9. The Bertz CT molecular complexity index is 1870. The van der Waals surface area contributed by atoms with Gasteiger partial charge < -0.3 is 19.3 Å². The van der Waals surface area contributed by atoms with Gasteiger partial charge in [-0.3, -0.25) is 4.79 Å². The molecule has 0 amide bonds. The molecule has 228 valence electrons. The minimum atomic E-state index is -4.11. The SMILES string of the molecule is O=C(C(O)P(=O)(c1ccccc1)c1ccc(-c2ccccc2)cc1)C(O)P(=O)(c1ccccc1)c1ccc(-c2ccccc2)cc1. The average Bonchev–Trinajstić information content (AvgIpc) is 3.14. The molecule has 5 nitrogen and oxygen atoms in total. The van der Waals surface area contributed by atoms with Gasteiger partial charge in [0, 0.05) is 21.2 Å². The zero-order valence-electron chi connectivity index (χ0n) is 24.8. The van der Waals surface area contributed by atoms with Crippen LogP contribution in [0.5, 0.6) is 0 Å². The third-order valence-electron chi connectivity index (χ3n) is 8.19. The van der Waals surface area contributed by atoms with E-state index in [1.165, 1.54) is 0 Å². The Labute approximate surface area is 268 Å². The van der Waals surface area contributed by atoms with Crippen LogP contribution in [0.1, 0.15) is 0 Å².